The lowest BCUT2D eigenvalue weighted by molar-refractivity contribution is 0.555. The summed E-state index contributed by atoms with van der Waals surface area (Å²) in [6.07, 6.45) is 0. The van der Waals surface area contributed by atoms with E-state index in [0.717, 1.165) is 23.3 Å². The van der Waals surface area contributed by atoms with Crippen molar-refractivity contribution in [1.29, 1.82) is 0 Å². The molecule has 0 heterocycles. The van der Waals surface area contributed by atoms with E-state index in [-0.39, 0.29) is 0 Å². The van der Waals surface area contributed by atoms with Gasteiger partial charge in [-0.1, -0.05) is 6.07 Å². The molecule has 0 spiro atoms. The number of nitrogens with one attached hydrogen (secondary N) is 1. The summed E-state index contributed by atoms with van der Waals surface area (Å²) in [4.78, 5) is -0.712. The minimum atomic E-state index is -4.16. The molecular formula is C14H13F2NO2S. The Bertz CT molecular complexity index is 758. The fraction of sp³-hybridized carbons (Fsp3) is 0.143. The quantitative estimate of drug-likeness (QED) is 0.944. The molecule has 6 heteroatoms. The first-order valence-corrected chi connectivity index (χ1v) is 7.33. The lowest BCUT2D eigenvalue weighted by Gasteiger charge is -2.10. The zero-order chi connectivity index (χ0) is 14.9. The zero-order valence-electron chi connectivity index (χ0n) is 10.9. The summed E-state index contributed by atoms with van der Waals surface area (Å²) >= 11 is 0. The molecule has 0 bridgehead atoms. The molecule has 20 heavy (non-hydrogen) atoms. The van der Waals surface area contributed by atoms with Crippen molar-refractivity contribution in [2.75, 3.05) is 4.72 Å². The van der Waals surface area contributed by atoms with Crippen molar-refractivity contribution in [1.82, 2.24) is 0 Å². The highest BCUT2D eigenvalue weighted by Gasteiger charge is 2.20. The van der Waals surface area contributed by atoms with Gasteiger partial charge >= 0.3 is 0 Å². The molecule has 0 aliphatic heterocycles. The Morgan fingerprint density at radius 2 is 1.65 bits per heavy atom. The molecule has 0 aliphatic rings. The molecule has 2 rings (SSSR count). The number of aryl methyl sites for hydroxylation is 2. The van der Waals surface area contributed by atoms with Crippen LogP contribution >= 0.6 is 0 Å². The van der Waals surface area contributed by atoms with Crippen molar-refractivity contribution in [2.45, 2.75) is 18.7 Å². The van der Waals surface area contributed by atoms with Gasteiger partial charge in [0.2, 0.25) is 0 Å². The monoisotopic (exact) mass is 297 g/mol. The Hall–Kier alpha value is -1.95. The maximum Gasteiger partial charge on any atom is 0.264 e. The Morgan fingerprint density at radius 3 is 2.30 bits per heavy atom. The molecule has 0 saturated carbocycles. The summed E-state index contributed by atoms with van der Waals surface area (Å²) in [5.74, 6) is -1.81. The van der Waals surface area contributed by atoms with E-state index in [1.54, 1.807) is 18.2 Å². The molecule has 0 radical (unpaired) electrons. The minimum Gasteiger partial charge on any atom is -0.280 e. The molecule has 0 fully saturated rings. The van der Waals surface area contributed by atoms with Crippen LogP contribution in [0.15, 0.2) is 41.3 Å². The maximum absolute atomic E-state index is 13.5. The highest BCUT2D eigenvalue weighted by atomic mass is 32.2. The SMILES string of the molecule is Cc1ccc(NS(=O)(=O)c2cc(F)ccc2F)cc1C. The number of hydrogen-bond acceptors (Lipinski definition) is 2. The van der Waals surface area contributed by atoms with Crippen LogP contribution in [0.3, 0.4) is 0 Å². The highest BCUT2D eigenvalue weighted by Crippen LogP contribution is 2.21. The van der Waals surface area contributed by atoms with Crippen LogP contribution in [-0.2, 0) is 10.0 Å². The van der Waals surface area contributed by atoms with E-state index in [4.69, 9.17) is 0 Å². The topological polar surface area (TPSA) is 46.2 Å². The second-order valence-electron chi connectivity index (χ2n) is 4.48. The van der Waals surface area contributed by atoms with Gasteiger partial charge in [0.15, 0.2) is 0 Å². The first-order chi connectivity index (χ1) is 9.29. The molecule has 1 N–H and O–H groups in total. The number of benzene rings is 2. The van der Waals surface area contributed by atoms with E-state index in [1.807, 2.05) is 13.8 Å². The molecule has 106 valence electrons. The summed E-state index contributed by atoms with van der Waals surface area (Å²) < 4.78 is 52.9. The van der Waals surface area contributed by atoms with Crippen molar-refractivity contribution in [3.8, 4) is 0 Å². The van der Waals surface area contributed by atoms with Gasteiger partial charge in [-0.15, -0.1) is 0 Å². The number of halogens is 2. The Labute approximate surface area is 116 Å². The molecule has 0 aliphatic carbocycles. The van der Waals surface area contributed by atoms with E-state index in [1.165, 1.54) is 0 Å². The van der Waals surface area contributed by atoms with Gasteiger partial charge in [0, 0.05) is 5.69 Å². The lowest BCUT2D eigenvalue weighted by atomic mass is 10.1. The van der Waals surface area contributed by atoms with Gasteiger partial charge in [0.05, 0.1) is 0 Å². The zero-order valence-corrected chi connectivity index (χ0v) is 11.8. The Morgan fingerprint density at radius 1 is 0.950 bits per heavy atom. The molecule has 0 saturated heterocycles. The van der Waals surface area contributed by atoms with E-state index in [2.05, 4.69) is 4.72 Å². The molecule has 0 aromatic heterocycles. The van der Waals surface area contributed by atoms with Crippen LogP contribution < -0.4 is 4.72 Å². The molecule has 2 aromatic carbocycles. The largest absolute Gasteiger partial charge is 0.280 e. The first kappa shape index (κ1) is 14.5. The fourth-order valence-electron chi connectivity index (χ4n) is 1.70. The first-order valence-electron chi connectivity index (χ1n) is 5.85. The second kappa shape index (κ2) is 5.20. The summed E-state index contributed by atoms with van der Waals surface area (Å²) in [7, 11) is -4.16. The summed E-state index contributed by atoms with van der Waals surface area (Å²) in [5.41, 5.74) is 2.20. The van der Waals surface area contributed by atoms with Crippen molar-refractivity contribution in [3.05, 3.63) is 59.2 Å². The summed E-state index contributed by atoms with van der Waals surface area (Å²) in [6.45, 7) is 3.72. The standard InChI is InChI=1S/C14H13F2NO2S/c1-9-3-5-12(7-10(9)2)17-20(18,19)14-8-11(15)4-6-13(14)16/h3-8,17H,1-2H3. The number of rotatable bonds is 3. The number of anilines is 1. The predicted molar refractivity (Wildman–Crippen MR) is 73.1 cm³/mol. The minimum absolute atomic E-state index is 0.303. The van der Waals surface area contributed by atoms with Crippen molar-refractivity contribution in [3.63, 3.8) is 0 Å². The second-order valence-corrected chi connectivity index (χ2v) is 6.13. The van der Waals surface area contributed by atoms with Crippen molar-refractivity contribution in [2.24, 2.45) is 0 Å². The summed E-state index contributed by atoms with van der Waals surface area (Å²) in [5, 5.41) is 0. The van der Waals surface area contributed by atoms with Gasteiger partial charge < -0.3 is 0 Å². The van der Waals surface area contributed by atoms with Gasteiger partial charge in [0.25, 0.3) is 10.0 Å². The average Bonchev–Trinajstić information content (AvgIpc) is 2.36. The smallest absolute Gasteiger partial charge is 0.264 e. The van der Waals surface area contributed by atoms with Gasteiger partial charge in [-0.3, -0.25) is 4.72 Å². The Kier molecular flexibility index (Phi) is 3.76. The van der Waals surface area contributed by atoms with Gasteiger partial charge in [0.1, 0.15) is 16.5 Å². The van der Waals surface area contributed by atoms with Crippen LogP contribution in [0.2, 0.25) is 0 Å². The molecule has 0 unspecified atom stereocenters. The summed E-state index contributed by atoms with van der Waals surface area (Å²) in [6, 6.07) is 7.24. The number of hydrogen-bond donors (Lipinski definition) is 1. The third kappa shape index (κ3) is 2.96. The van der Waals surface area contributed by atoms with Crippen LogP contribution in [-0.4, -0.2) is 8.42 Å². The van der Waals surface area contributed by atoms with Crippen LogP contribution in [0.25, 0.3) is 0 Å². The van der Waals surface area contributed by atoms with Gasteiger partial charge in [-0.2, -0.15) is 0 Å². The van der Waals surface area contributed by atoms with Crippen molar-refractivity contribution < 1.29 is 17.2 Å². The fourth-order valence-corrected chi connectivity index (χ4v) is 2.84. The van der Waals surface area contributed by atoms with Crippen LogP contribution in [0.4, 0.5) is 14.5 Å². The van der Waals surface area contributed by atoms with E-state index >= 15 is 0 Å². The average molecular weight is 297 g/mol. The molecule has 3 nitrogen and oxygen atoms in total. The van der Waals surface area contributed by atoms with E-state index in [0.29, 0.717) is 11.8 Å². The van der Waals surface area contributed by atoms with Crippen LogP contribution in [0.1, 0.15) is 11.1 Å². The van der Waals surface area contributed by atoms with E-state index in [9.17, 15) is 17.2 Å². The number of sulfonamides is 1. The normalized spacial score (nSPS) is 11.4. The van der Waals surface area contributed by atoms with Crippen molar-refractivity contribution >= 4 is 15.7 Å². The Balaban J connectivity index is 2.40. The van der Waals surface area contributed by atoms with Crippen LogP contribution in [0.5, 0.6) is 0 Å². The highest BCUT2D eigenvalue weighted by molar-refractivity contribution is 7.92. The van der Waals surface area contributed by atoms with Gasteiger partial charge in [-0.25, -0.2) is 17.2 Å². The van der Waals surface area contributed by atoms with Gasteiger partial charge in [-0.05, 0) is 55.3 Å². The predicted octanol–water partition coefficient (Wildman–Crippen LogP) is 3.38. The lowest BCUT2D eigenvalue weighted by Crippen LogP contribution is -2.15. The van der Waals surface area contributed by atoms with Crippen LogP contribution in [0, 0.1) is 25.5 Å². The molecular weight excluding hydrogens is 284 g/mol. The maximum atomic E-state index is 13.5. The third-order valence-electron chi connectivity index (χ3n) is 2.94. The third-order valence-corrected chi connectivity index (χ3v) is 4.34. The molecule has 0 atom stereocenters. The molecule has 2 aromatic rings. The molecule has 0 amide bonds. The van der Waals surface area contributed by atoms with E-state index < -0.39 is 26.6 Å².